The molecule has 30 heavy (non-hydrogen) atoms. The lowest BCUT2D eigenvalue weighted by Gasteiger charge is -2.17. The fraction of sp³-hybridized carbons (Fsp3) is 0.348. The van der Waals surface area contributed by atoms with Crippen LogP contribution in [0.4, 0.5) is 5.69 Å². The van der Waals surface area contributed by atoms with Crippen LogP contribution in [0.25, 0.3) is 10.8 Å². The standard InChI is InChI=1S/C23H27N3O4/c1-13(17-7-8-19-12-20(29-6)10-9-18(19)11-17)23(28)30-16(4)22(27)24-21-14(2)25-26(5)15(21)3/h7-13,16H,1-6H3,(H,24,27)/t13-,16+/m0/s1. The van der Waals surface area contributed by atoms with Gasteiger partial charge in [0.2, 0.25) is 0 Å². The second kappa shape index (κ2) is 8.57. The molecule has 1 aromatic heterocycles. The molecule has 3 aromatic rings. The second-order valence-corrected chi connectivity index (χ2v) is 7.43. The number of aryl methyl sites for hydroxylation is 2. The van der Waals surface area contributed by atoms with E-state index in [2.05, 4.69) is 10.4 Å². The average Bonchev–Trinajstić information content (AvgIpc) is 2.98. The van der Waals surface area contributed by atoms with Crippen LogP contribution in [0, 0.1) is 13.8 Å². The molecule has 0 aliphatic heterocycles. The van der Waals surface area contributed by atoms with Gasteiger partial charge in [0, 0.05) is 7.05 Å². The fourth-order valence-corrected chi connectivity index (χ4v) is 3.28. The van der Waals surface area contributed by atoms with Crippen molar-refractivity contribution in [1.82, 2.24) is 9.78 Å². The zero-order valence-corrected chi connectivity index (χ0v) is 18.1. The molecule has 0 fully saturated rings. The number of carbonyl (C=O) groups is 2. The van der Waals surface area contributed by atoms with Crippen molar-refractivity contribution >= 4 is 28.3 Å². The van der Waals surface area contributed by atoms with E-state index in [-0.39, 0.29) is 5.91 Å². The molecule has 0 unspecified atom stereocenters. The molecule has 1 heterocycles. The fourth-order valence-electron chi connectivity index (χ4n) is 3.28. The van der Waals surface area contributed by atoms with Gasteiger partial charge >= 0.3 is 5.97 Å². The number of amides is 1. The summed E-state index contributed by atoms with van der Waals surface area (Å²) in [7, 11) is 3.44. The maximum absolute atomic E-state index is 12.6. The molecule has 0 saturated heterocycles. The molecule has 1 N–H and O–H groups in total. The predicted octanol–water partition coefficient (Wildman–Crippen LogP) is 3.87. The number of carbonyl (C=O) groups excluding carboxylic acids is 2. The van der Waals surface area contributed by atoms with Crippen molar-refractivity contribution in [2.24, 2.45) is 7.05 Å². The van der Waals surface area contributed by atoms with E-state index in [0.717, 1.165) is 27.8 Å². The van der Waals surface area contributed by atoms with Gasteiger partial charge in [-0.1, -0.05) is 24.3 Å². The molecule has 3 rings (SSSR count). The van der Waals surface area contributed by atoms with E-state index in [1.54, 1.807) is 25.6 Å². The highest BCUT2D eigenvalue weighted by molar-refractivity contribution is 5.96. The third-order valence-electron chi connectivity index (χ3n) is 5.34. The van der Waals surface area contributed by atoms with Crippen molar-refractivity contribution < 1.29 is 19.1 Å². The van der Waals surface area contributed by atoms with Crippen LogP contribution in [-0.4, -0.2) is 34.9 Å². The Hall–Kier alpha value is -3.35. The van der Waals surface area contributed by atoms with Crippen LogP contribution in [-0.2, 0) is 21.4 Å². The van der Waals surface area contributed by atoms with E-state index >= 15 is 0 Å². The van der Waals surface area contributed by atoms with E-state index in [1.165, 1.54) is 0 Å². The Morgan fingerprint density at radius 2 is 1.73 bits per heavy atom. The van der Waals surface area contributed by atoms with Gasteiger partial charge in [0.1, 0.15) is 5.75 Å². The minimum absolute atomic E-state index is 0.389. The van der Waals surface area contributed by atoms with Gasteiger partial charge in [-0.3, -0.25) is 14.3 Å². The molecule has 0 aliphatic rings. The zero-order valence-electron chi connectivity index (χ0n) is 18.1. The third kappa shape index (κ3) is 4.30. The Morgan fingerprint density at radius 1 is 1.07 bits per heavy atom. The van der Waals surface area contributed by atoms with Gasteiger partial charge in [0.15, 0.2) is 6.10 Å². The van der Waals surface area contributed by atoms with Crippen LogP contribution in [0.15, 0.2) is 36.4 Å². The van der Waals surface area contributed by atoms with E-state index in [9.17, 15) is 9.59 Å². The van der Waals surface area contributed by atoms with E-state index < -0.39 is 18.0 Å². The number of hydrogen-bond donors (Lipinski definition) is 1. The first-order chi connectivity index (χ1) is 14.2. The maximum Gasteiger partial charge on any atom is 0.313 e. The molecular formula is C23H27N3O4. The number of hydrogen-bond acceptors (Lipinski definition) is 5. The number of rotatable bonds is 6. The van der Waals surface area contributed by atoms with Gasteiger partial charge in [-0.05, 0) is 56.2 Å². The molecule has 7 heteroatoms. The first kappa shape index (κ1) is 21.4. The lowest BCUT2D eigenvalue weighted by molar-refractivity contribution is -0.154. The number of esters is 1. The first-order valence-corrected chi connectivity index (χ1v) is 9.80. The van der Waals surface area contributed by atoms with Gasteiger partial charge < -0.3 is 14.8 Å². The van der Waals surface area contributed by atoms with Crippen molar-refractivity contribution in [2.45, 2.75) is 39.7 Å². The number of ether oxygens (including phenoxy) is 2. The highest BCUT2D eigenvalue weighted by Crippen LogP contribution is 2.26. The minimum atomic E-state index is -0.927. The number of aromatic nitrogens is 2. The molecule has 0 spiro atoms. The predicted molar refractivity (Wildman–Crippen MR) is 116 cm³/mol. The summed E-state index contributed by atoms with van der Waals surface area (Å²) in [4.78, 5) is 25.2. The van der Waals surface area contributed by atoms with Crippen molar-refractivity contribution in [3.05, 3.63) is 53.3 Å². The van der Waals surface area contributed by atoms with E-state index in [4.69, 9.17) is 9.47 Å². The molecule has 7 nitrogen and oxygen atoms in total. The Balaban J connectivity index is 1.68. The van der Waals surface area contributed by atoms with Crippen LogP contribution < -0.4 is 10.1 Å². The van der Waals surface area contributed by atoms with Crippen LogP contribution in [0.2, 0.25) is 0 Å². The van der Waals surface area contributed by atoms with Crippen molar-refractivity contribution in [3.63, 3.8) is 0 Å². The average molecular weight is 409 g/mol. The van der Waals surface area contributed by atoms with Crippen molar-refractivity contribution in [2.75, 3.05) is 12.4 Å². The summed E-state index contributed by atoms with van der Waals surface area (Å²) in [6.07, 6.45) is -0.927. The Labute approximate surface area is 176 Å². The van der Waals surface area contributed by atoms with E-state index in [0.29, 0.717) is 11.4 Å². The van der Waals surface area contributed by atoms with Crippen LogP contribution in [0.5, 0.6) is 5.75 Å². The molecule has 2 atom stereocenters. The van der Waals surface area contributed by atoms with Gasteiger partial charge in [0.25, 0.3) is 5.91 Å². The lowest BCUT2D eigenvalue weighted by atomic mass is 9.98. The molecule has 0 radical (unpaired) electrons. The summed E-state index contributed by atoms with van der Waals surface area (Å²) in [6.45, 7) is 7.01. The molecule has 0 aliphatic carbocycles. The van der Waals surface area contributed by atoms with Gasteiger partial charge in [0.05, 0.1) is 30.1 Å². The summed E-state index contributed by atoms with van der Waals surface area (Å²) in [5, 5.41) is 9.10. The summed E-state index contributed by atoms with van der Waals surface area (Å²) in [5.74, 6) is -0.569. The smallest absolute Gasteiger partial charge is 0.313 e. The Kier molecular flexibility index (Phi) is 6.10. The molecule has 1 amide bonds. The number of anilines is 1. The topological polar surface area (TPSA) is 82.4 Å². The van der Waals surface area contributed by atoms with Crippen molar-refractivity contribution in [1.29, 1.82) is 0 Å². The molecule has 0 bridgehead atoms. The summed E-state index contributed by atoms with van der Waals surface area (Å²) >= 11 is 0. The maximum atomic E-state index is 12.6. The number of nitrogens with zero attached hydrogens (tertiary/aromatic N) is 2. The van der Waals surface area contributed by atoms with Crippen LogP contribution in [0.1, 0.15) is 36.7 Å². The summed E-state index contributed by atoms with van der Waals surface area (Å²) in [6, 6.07) is 11.6. The Bertz CT molecular complexity index is 1100. The summed E-state index contributed by atoms with van der Waals surface area (Å²) in [5.41, 5.74) is 3.01. The monoisotopic (exact) mass is 409 g/mol. The first-order valence-electron chi connectivity index (χ1n) is 9.80. The summed E-state index contributed by atoms with van der Waals surface area (Å²) < 4.78 is 12.4. The number of methoxy groups -OCH3 is 1. The normalized spacial score (nSPS) is 13.0. The Morgan fingerprint density at radius 3 is 2.37 bits per heavy atom. The number of nitrogens with one attached hydrogen (secondary N) is 1. The molecule has 158 valence electrons. The van der Waals surface area contributed by atoms with Gasteiger partial charge in [-0.25, -0.2) is 0 Å². The largest absolute Gasteiger partial charge is 0.497 e. The SMILES string of the molecule is COc1ccc2cc([C@H](C)C(=O)O[C@H](C)C(=O)Nc3c(C)nn(C)c3C)ccc2c1. The molecule has 0 saturated carbocycles. The second-order valence-electron chi connectivity index (χ2n) is 7.43. The molecule has 2 aromatic carbocycles. The van der Waals surface area contributed by atoms with Gasteiger partial charge in [-0.15, -0.1) is 0 Å². The number of benzene rings is 2. The van der Waals surface area contributed by atoms with Gasteiger partial charge in [-0.2, -0.15) is 5.10 Å². The minimum Gasteiger partial charge on any atom is -0.497 e. The van der Waals surface area contributed by atoms with E-state index in [1.807, 2.05) is 57.3 Å². The van der Waals surface area contributed by atoms with Crippen molar-refractivity contribution in [3.8, 4) is 5.75 Å². The van der Waals surface area contributed by atoms with Crippen LogP contribution >= 0.6 is 0 Å². The highest BCUT2D eigenvalue weighted by Gasteiger charge is 2.24. The highest BCUT2D eigenvalue weighted by atomic mass is 16.5. The molecular weight excluding hydrogens is 382 g/mol. The third-order valence-corrected chi connectivity index (χ3v) is 5.34. The zero-order chi connectivity index (χ0) is 22.0. The van der Waals surface area contributed by atoms with Crippen LogP contribution in [0.3, 0.4) is 0 Å². The number of fused-ring (bicyclic) bond motifs is 1. The lowest BCUT2D eigenvalue weighted by Crippen LogP contribution is -2.31. The quantitative estimate of drug-likeness (QED) is 0.625.